The van der Waals surface area contributed by atoms with E-state index in [1.165, 1.54) is 28.4 Å². The second-order valence-electron chi connectivity index (χ2n) is 6.49. The molecule has 1 fully saturated rings. The lowest BCUT2D eigenvalue weighted by molar-refractivity contribution is 0.689. The summed E-state index contributed by atoms with van der Waals surface area (Å²) in [6.07, 6.45) is 7.06. The molecule has 1 aliphatic rings. The Bertz CT molecular complexity index is 711. The number of nitrogens with zero attached hydrogens (tertiary/aromatic N) is 2. The van der Waals surface area contributed by atoms with Crippen LogP contribution in [0, 0.1) is 0 Å². The van der Waals surface area contributed by atoms with Gasteiger partial charge >= 0.3 is 0 Å². The summed E-state index contributed by atoms with van der Waals surface area (Å²) < 4.78 is 1.19. The van der Waals surface area contributed by atoms with Crippen LogP contribution in [0.2, 0.25) is 0 Å². The Morgan fingerprint density at radius 1 is 1.20 bits per heavy atom. The molecule has 0 aliphatic heterocycles. The summed E-state index contributed by atoms with van der Waals surface area (Å²) in [6.45, 7) is 4.62. The highest BCUT2D eigenvalue weighted by atomic mass is 79.9. The molecule has 1 aromatic heterocycles. The third-order valence-corrected chi connectivity index (χ3v) is 5.30. The zero-order valence-corrected chi connectivity index (χ0v) is 16.2. The third-order valence-electron chi connectivity index (χ3n) is 4.61. The molecule has 1 aliphatic carbocycles. The normalized spacial score (nSPS) is 15.7. The number of pyridine rings is 1. The van der Waals surface area contributed by atoms with Crippen LogP contribution in [0.3, 0.4) is 0 Å². The Morgan fingerprint density at radius 3 is 2.72 bits per heavy atom. The van der Waals surface area contributed by atoms with Crippen molar-refractivity contribution in [2.24, 2.45) is 4.99 Å². The van der Waals surface area contributed by atoms with Crippen LogP contribution in [0.5, 0.6) is 0 Å². The first-order chi connectivity index (χ1) is 12.2. The van der Waals surface area contributed by atoms with Crippen LogP contribution in [0.1, 0.15) is 30.9 Å². The van der Waals surface area contributed by atoms with Gasteiger partial charge in [-0.05, 0) is 49.4 Å². The number of halogens is 1. The predicted octanol–water partition coefficient (Wildman–Crippen LogP) is 3.67. The lowest BCUT2D eigenvalue weighted by atomic mass is 9.96. The van der Waals surface area contributed by atoms with Gasteiger partial charge in [0.25, 0.3) is 0 Å². The largest absolute Gasteiger partial charge is 0.357 e. The van der Waals surface area contributed by atoms with Crippen molar-refractivity contribution in [2.45, 2.75) is 31.6 Å². The minimum absolute atomic E-state index is 0.200. The SMILES string of the molecule is CCNC(=NCC1(c2ccccc2Br)CC1)NCCc1cccnc1. The minimum Gasteiger partial charge on any atom is -0.357 e. The average molecular weight is 401 g/mol. The monoisotopic (exact) mass is 400 g/mol. The smallest absolute Gasteiger partial charge is 0.191 e. The summed E-state index contributed by atoms with van der Waals surface area (Å²) in [5.41, 5.74) is 2.81. The first-order valence-corrected chi connectivity index (χ1v) is 9.69. The second kappa shape index (κ2) is 8.48. The summed E-state index contributed by atoms with van der Waals surface area (Å²) in [4.78, 5) is 9.01. The van der Waals surface area contributed by atoms with Crippen LogP contribution in [0.15, 0.2) is 58.3 Å². The fraction of sp³-hybridized carbons (Fsp3) is 0.400. The standard InChI is InChI=1S/C20H25BrN4/c1-2-23-19(24-13-9-16-6-5-12-22-14-16)25-15-20(10-11-20)17-7-3-4-8-18(17)21/h3-8,12,14H,2,9-11,13,15H2,1H3,(H2,23,24,25). The molecule has 25 heavy (non-hydrogen) atoms. The fourth-order valence-corrected chi connectivity index (χ4v) is 3.70. The number of nitrogens with one attached hydrogen (secondary N) is 2. The molecule has 0 bridgehead atoms. The van der Waals surface area contributed by atoms with Gasteiger partial charge in [-0.15, -0.1) is 0 Å². The van der Waals surface area contributed by atoms with Gasteiger partial charge in [-0.2, -0.15) is 0 Å². The first-order valence-electron chi connectivity index (χ1n) is 8.90. The van der Waals surface area contributed by atoms with Crippen molar-refractivity contribution in [1.82, 2.24) is 15.6 Å². The second-order valence-corrected chi connectivity index (χ2v) is 7.35. The van der Waals surface area contributed by atoms with E-state index < -0.39 is 0 Å². The van der Waals surface area contributed by atoms with Gasteiger partial charge in [0.2, 0.25) is 0 Å². The van der Waals surface area contributed by atoms with E-state index in [1.807, 2.05) is 12.3 Å². The molecule has 3 rings (SSSR count). The van der Waals surface area contributed by atoms with Crippen molar-refractivity contribution in [2.75, 3.05) is 19.6 Å². The molecule has 1 aromatic carbocycles. The molecule has 0 amide bonds. The molecule has 2 N–H and O–H groups in total. The van der Waals surface area contributed by atoms with Gasteiger partial charge in [0.1, 0.15) is 0 Å². The number of benzene rings is 1. The van der Waals surface area contributed by atoms with E-state index in [0.29, 0.717) is 0 Å². The molecular formula is C20H25BrN4. The molecular weight excluding hydrogens is 376 g/mol. The van der Waals surface area contributed by atoms with E-state index >= 15 is 0 Å². The van der Waals surface area contributed by atoms with E-state index in [4.69, 9.17) is 4.99 Å². The van der Waals surface area contributed by atoms with Gasteiger partial charge < -0.3 is 10.6 Å². The van der Waals surface area contributed by atoms with Gasteiger partial charge in [-0.1, -0.05) is 40.2 Å². The van der Waals surface area contributed by atoms with Crippen molar-refractivity contribution < 1.29 is 0 Å². The molecule has 0 radical (unpaired) electrons. The van der Waals surface area contributed by atoms with Gasteiger partial charge in [-0.25, -0.2) is 0 Å². The summed E-state index contributed by atoms with van der Waals surface area (Å²) >= 11 is 3.69. The molecule has 132 valence electrons. The average Bonchev–Trinajstić information content (AvgIpc) is 3.42. The van der Waals surface area contributed by atoms with E-state index in [2.05, 4.69) is 68.8 Å². The number of hydrogen-bond donors (Lipinski definition) is 2. The maximum absolute atomic E-state index is 4.85. The predicted molar refractivity (Wildman–Crippen MR) is 107 cm³/mol. The van der Waals surface area contributed by atoms with Crippen LogP contribution >= 0.6 is 15.9 Å². The summed E-state index contributed by atoms with van der Waals surface area (Å²) in [6, 6.07) is 12.6. The zero-order chi connectivity index (χ0) is 17.5. The van der Waals surface area contributed by atoms with E-state index in [9.17, 15) is 0 Å². The Morgan fingerprint density at radius 2 is 2.04 bits per heavy atom. The molecule has 4 nitrogen and oxygen atoms in total. The summed E-state index contributed by atoms with van der Waals surface area (Å²) in [7, 11) is 0. The van der Waals surface area contributed by atoms with Crippen LogP contribution in [-0.4, -0.2) is 30.6 Å². The van der Waals surface area contributed by atoms with Gasteiger partial charge in [0, 0.05) is 35.4 Å². The van der Waals surface area contributed by atoms with Gasteiger partial charge in [0.15, 0.2) is 5.96 Å². The van der Waals surface area contributed by atoms with Crippen molar-refractivity contribution in [1.29, 1.82) is 0 Å². The molecule has 0 unspecified atom stereocenters. The number of aliphatic imine (C=N–C) groups is 1. The quantitative estimate of drug-likeness (QED) is 0.550. The third kappa shape index (κ3) is 4.82. The molecule has 2 aromatic rings. The van der Waals surface area contributed by atoms with E-state index in [1.54, 1.807) is 6.20 Å². The summed E-state index contributed by atoms with van der Waals surface area (Å²) in [5.74, 6) is 0.893. The molecule has 0 saturated heterocycles. The van der Waals surface area contributed by atoms with Crippen molar-refractivity contribution >= 4 is 21.9 Å². The van der Waals surface area contributed by atoms with Crippen LogP contribution in [0.4, 0.5) is 0 Å². The number of guanidine groups is 1. The molecule has 5 heteroatoms. The van der Waals surface area contributed by atoms with Crippen LogP contribution < -0.4 is 10.6 Å². The fourth-order valence-electron chi connectivity index (χ4n) is 3.00. The topological polar surface area (TPSA) is 49.3 Å². The highest BCUT2D eigenvalue weighted by Crippen LogP contribution is 2.50. The van der Waals surface area contributed by atoms with Gasteiger partial charge in [0.05, 0.1) is 6.54 Å². The minimum atomic E-state index is 0.200. The van der Waals surface area contributed by atoms with Crippen LogP contribution in [0.25, 0.3) is 0 Å². The lowest BCUT2D eigenvalue weighted by Crippen LogP contribution is -2.39. The Kier molecular flexibility index (Phi) is 6.08. The first kappa shape index (κ1) is 17.9. The van der Waals surface area contributed by atoms with E-state index in [-0.39, 0.29) is 5.41 Å². The Labute approximate surface area is 158 Å². The van der Waals surface area contributed by atoms with Crippen molar-refractivity contribution in [3.05, 3.63) is 64.4 Å². The molecule has 0 atom stereocenters. The molecule has 1 saturated carbocycles. The maximum Gasteiger partial charge on any atom is 0.191 e. The van der Waals surface area contributed by atoms with Crippen molar-refractivity contribution in [3.63, 3.8) is 0 Å². The Hall–Kier alpha value is -1.88. The highest BCUT2D eigenvalue weighted by molar-refractivity contribution is 9.10. The van der Waals surface area contributed by atoms with Gasteiger partial charge in [-0.3, -0.25) is 9.98 Å². The van der Waals surface area contributed by atoms with E-state index in [0.717, 1.165) is 32.0 Å². The highest BCUT2D eigenvalue weighted by Gasteiger charge is 2.45. The lowest BCUT2D eigenvalue weighted by Gasteiger charge is -2.17. The van der Waals surface area contributed by atoms with Crippen molar-refractivity contribution in [3.8, 4) is 0 Å². The maximum atomic E-state index is 4.85. The molecule has 0 spiro atoms. The number of rotatable bonds is 7. The Balaban J connectivity index is 1.59. The zero-order valence-electron chi connectivity index (χ0n) is 14.6. The molecule has 1 heterocycles. The van der Waals surface area contributed by atoms with Crippen LogP contribution in [-0.2, 0) is 11.8 Å². The summed E-state index contributed by atoms with van der Waals surface area (Å²) in [5, 5.41) is 6.78. The number of aromatic nitrogens is 1. The number of hydrogen-bond acceptors (Lipinski definition) is 2.